The Labute approximate surface area is 174 Å². The monoisotopic (exact) mass is 386 g/mol. The van der Waals surface area contributed by atoms with Crippen molar-refractivity contribution in [1.29, 1.82) is 0 Å². The third-order valence-electron chi connectivity index (χ3n) is 5.94. The molecular formula is C26H30N2O. The molecule has 1 aliphatic rings. The summed E-state index contributed by atoms with van der Waals surface area (Å²) in [4.78, 5) is 4.62. The average molecular weight is 387 g/mol. The topological polar surface area (TPSA) is 27.1 Å². The van der Waals surface area contributed by atoms with E-state index in [4.69, 9.17) is 4.74 Å². The van der Waals surface area contributed by atoms with Gasteiger partial charge in [0.2, 0.25) is 0 Å². The molecule has 3 heteroatoms. The van der Waals surface area contributed by atoms with Gasteiger partial charge < -0.3 is 9.30 Å². The molecule has 0 spiro atoms. The van der Waals surface area contributed by atoms with E-state index < -0.39 is 0 Å². The molecule has 1 aromatic heterocycles. The maximum absolute atomic E-state index is 5.62. The van der Waals surface area contributed by atoms with Gasteiger partial charge in [0, 0.05) is 25.4 Å². The van der Waals surface area contributed by atoms with E-state index in [1.807, 2.05) is 6.20 Å². The van der Waals surface area contributed by atoms with Gasteiger partial charge in [-0.2, -0.15) is 0 Å². The normalized spacial score (nSPS) is 13.9. The van der Waals surface area contributed by atoms with Crippen molar-refractivity contribution in [1.82, 2.24) is 9.55 Å². The van der Waals surface area contributed by atoms with E-state index in [2.05, 4.69) is 71.2 Å². The van der Waals surface area contributed by atoms with Crippen LogP contribution in [0.5, 0.6) is 5.75 Å². The fourth-order valence-corrected chi connectivity index (χ4v) is 4.32. The number of ether oxygens (including phenoxy) is 1. The van der Waals surface area contributed by atoms with Crippen LogP contribution in [0.2, 0.25) is 0 Å². The predicted molar refractivity (Wildman–Crippen MR) is 119 cm³/mol. The predicted octanol–water partition coefficient (Wildman–Crippen LogP) is 5.85. The molecule has 0 N–H and O–H groups in total. The van der Waals surface area contributed by atoms with Gasteiger partial charge in [-0.25, -0.2) is 4.98 Å². The highest BCUT2D eigenvalue weighted by molar-refractivity contribution is 5.62. The Morgan fingerprint density at radius 2 is 1.86 bits per heavy atom. The van der Waals surface area contributed by atoms with Crippen molar-refractivity contribution in [3.8, 4) is 5.75 Å². The van der Waals surface area contributed by atoms with Crippen LogP contribution in [0.4, 0.5) is 0 Å². The number of nitrogens with zero attached hydrogens (tertiary/aromatic N) is 2. The van der Waals surface area contributed by atoms with E-state index in [1.165, 1.54) is 40.7 Å². The van der Waals surface area contributed by atoms with Gasteiger partial charge in [0.05, 0.1) is 7.11 Å². The Morgan fingerprint density at radius 1 is 1.07 bits per heavy atom. The molecule has 0 saturated heterocycles. The smallest absolute Gasteiger partial charge is 0.122 e. The lowest BCUT2D eigenvalue weighted by molar-refractivity contribution is 0.406. The molecule has 4 rings (SSSR count). The summed E-state index contributed by atoms with van der Waals surface area (Å²) < 4.78 is 7.91. The molecule has 0 unspecified atom stereocenters. The summed E-state index contributed by atoms with van der Waals surface area (Å²) in [7, 11) is 1.78. The summed E-state index contributed by atoms with van der Waals surface area (Å²) in [6.45, 7) is 3.13. The van der Waals surface area contributed by atoms with Crippen LogP contribution >= 0.6 is 0 Å². The van der Waals surface area contributed by atoms with Crippen molar-refractivity contribution in [3.63, 3.8) is 0 Å². The first-order chi connectivity index (χ1) is 14.3. The van der Waals surface area contributed by atoms with Crippen molar-refractivity contribution < 1.29 is 4.74 Å². The second-order valence-corrected chi connectivity index (χ2v) is 7.81. The maximum Gasteiger partial charge on any atom is 0.122 e. The molecule has 1 aliphatic carbocycles. The lowest BCUT2D eigenvalue weighted by Gasteiger charge is -2.21. The number of benzene rings is 2. The molecule has 0 atom stereocenters. The third kappa shape index (κ3) is 4.45. The van der Waals surface area contributed by atoms with Crippen LogP contribution in [0.1, 0.15) is 54.3 Å². The van der Waals surface area contributed by atoms with Crippen LogP contribution in [0.25, 0.3) is 6.08 Å². The van der Waals surface area contributed by atoms with Gasteiger partial charge in [0.1, 0.15) is 11.6 Å². The Bertz CT molecular complexity index is 985. The summed E-state index contributed by atoms with van der Waals surface area (Å²) in [6.07, 6.45) is 13.1. The first-order valence-electron chi connectivity index (χ1n) is 10.7. The number of allylic oxidation sites excluding steroid dienone is 1. The molecule has 0 saturated carbocycles. The standard InChI is InChI=1S/C26H30N2O/c1-3-20(17-22-13-14-25(29-2)24-12-8-7-11-23(22)24)19-28-16-15-27-26(28)18-21-9-5-4-6-10-21/h4-6,9-10,13-17H,3,7-8,11-12,18-19H2,1-2H3/b20-17-. The zero-order valence-corrected chi connectivity index (χ0v) is 17.5. The van der Waals surface area contributed by atoms with Crippen molar-refractivity contribution in [2.45, 2.75) is 52.0 Å². The Hall–Kier alpha value is -2.81. The SMILES string of the molecule is CC/C(=C/c1ccc(OC)c2c1CCCC2)Cn1ccnc1Cc1ccccc1. The largest absolute Gasteiger partial charge is 0.496 e. The highest BCUT2D eigenvalue weighted by Gasteiger charge is 2.17. The summed E-state index contributed by atoms with van der Waals surface area (Å²) in [5, 5.41) is 0. The molecule has 0 radical (unpaired) electrons. The molecule has 0 amide bonds. The summed E-state index contributed by atoms with van der Waals surface area (Å²) in [6, 6.07) is 14.9. The Balaban J connectivity index is 1.60. The van der Waals surface area contributed by atoms with Crippen LogP contribution in [0.3, 0.4) is 0 Å². The molecule has 150 valence electrons. The van der Waals surface area contributed by atoms with Crippen molar-refractivity contribution in [3.05, 3.63) is 88.5 Å². The molecule has 3 nitrogen and oxygen atoms in total. The highest BCUT2D eigenvalue weighted by Crippen LogP contribution is 2.33. The van der Waals surface area contributed by atoms with Crippen LogP contribution in [-0.4, -0.2) is 16.7 Å². The molecule has 0 aliphatic heterocycles. The molecule has 0 fully saturated rings. The van der Waals surface area contributed by atoms with E-state index in [1.54, 1.807) is 7.11 Å². The van der Waals surface area contributed by atoms with Crippen LogP contribution in [-0.2, 0) is 25.8 Å². The number of rotatable bonds is 7. The van der Waals surface area contributed by atoms with E-state index in [9.17, 15) is 0 Å². The number of methoxy groups -OCH3 is 1. The number of fused-ring (bicyclic) bond motifs is 1. The van der Waals surface area contributed by atoms with Gasteiger partial charge in [0.15, 0.2) is 0 Å². The van der Waals surface area contributed by atoms with Gasteiger partial charge in [0.25, 0.3) is 0 Å². The number of hydrogen-bond donors (Lipinski definition) is 0. The lowest BCUT2D eigenvalue weighted by atomic mass is 9.87. The quantitative estimate of drug-likeness (QED) is 0.509. The second-order valence-electron chi connectivity index (χ2n) is 7.81. The van der Waals surface area contributed by atoms with E-state index in [-0.39, 0.29) is 0 Å². The average Bonchev–Trinajstić information content (AvgIpc) is 3.20. The first-order valence-corrected chi connectivity index (χ1v) is 10.7. The van der Waals surface area contributed by atoms with E-state index >= 15 is 0 Å². The van der Waals surface area contributed by atoms with E-state index in [0.29, 0.717) is 0 Å². The summed E-state index contributed by atoms with van der Waals surface area (Å²) in [5.74, 6) is 2.17. The minimum absolute atomic E-state index is 0.864. The zero-order valence-electron chi connectivity index (χ0n) is 17.5. The van der Waals surface area contributed by atoms with Gasteiger partial charge in [-0.1, -0.05) is 55.0 Å². The third-order valence-corrected chi connectivity index (χ3v) is 5.94. The number of aromatic nitrogens is 2. The molecule has 0 bridgehead atoms. The van der Waals surface area contributed by atoms with Gasteiger partial charge >= 0.3 is 0 Å². The second kappa shape index (κ2) is 9.13. The van der Waals surface area contributed by atoms with Crippen LogP contribution in [0.15, 0.2) is 60.4 Å². The van der Waals surface area contributed by atoms with Gasteiger partial charge in [-0.05, 0) is 60.4 Å². The van der Waals surface area contributed by atoms with Gasteiger partial charge in [-0.3, -0.25) is 0 Å². The minimum Gasteiger partial charge on any atom is -0.496 e. The minimum atomic E-state index is 0.864. The first kappa shape index (κ1) is 19.5. The molecule has 29 heavy (non-hydrogen) atoms. The molecule has 3 aromatic rings. The van der Waals surface area contributed by atoms with Crippen LogP contribution < -0.4 is 4.74 Å². The number of hydrogen-bond acceptors (Lipinski definition) is 2. The zero-order chi connectivity index (χ0) is 20.1. The Kier molecular flexibility index (Phi) is 6.14. The Morgan fingerprint density at radius 3 is 2.62 bits per heavy atom. The number of imidazole rings is 1. The maximum atomic E-state index is 5.62. The fraction of sp³-hybridized carbons (Fsp3) is 0.346. The highest BCUT2D eigenvalue weighted by atomic mass is 16.5. The summed E-state index contributed by atoms with van der Waals surface area (Å²) in [5.41, 5.74) is 6.98. The fourth-order valence-electron chi connectivity index (χ4n) is 4.32. The van der Waals surface area contributed by atoms with Crippen LogP contribution in [0, 0.1) is 0 Å². The van der Waals surface area contributed by atoms with Crippen molar-refractivity contribution in [2.75, 3.05) is 7.11 Å². The van der Waals surface area contributed by atoms with Gasteiger partial charge in [-0.15, -0.1) is 0 Å². The molecule has 2 aromatic carbocycles. The van der Waals surface area contributed by atoms with Crippen molar-refractivity contribution >= 4 is 6.08 Å². The van der Waals surface area contributed by atoms with E-state index in [0.717, 1.165) is 43.8 Å². The van der Waals surface area contributed by atoms with Crippen molar-refractivity contribution in [2.24, 2.45) is 0 Å². The molecule has 1 heterocycles. The lowest BCUT2D eigenvalue weighted by Crippen LogP contribution is -2.08. The molecular weight excluding hydrogens is 356 g/mol. The summed E-state index contributed by atoms with van der Waals surface area (Å²) >= 11 is 0.